The third-order valence-corrected chi connectivity index (χ3v) is 2.85. The summed E-state index contributed by atoms with van der Waals surface area (Å²) < 4.78 is 0. The van der Waals surface area contributed by atoms with Gasteiger partial charge in [0.1, 0.15) is 5.78 Å². The molecular formula is C7H10O3S. The van der Waals surface area contributed by atoms with Crippen LogP contribution in [-0.2, 0) is 9.59 Å². The Morgan fingerprint density at radius 2 is 2.45 bits per heavy atom. The first-order chi connectivity index (χ1) is 5.20. The Morgan fingerprint density at radius 1 is 1.73 bits per heavy atom. The van der Waals surface area contributed by atoms with E-state index >= 15 is 0 Å². The van der Waals surface area contributed by atoms with Gasteiger partial charge in [-0.3, -0.25) is 9.59 Å². The van der Waals surface area contributed by atoms with Crippen molar-refractivity contribution >= 4 is 23.5 Å². The number of carboxylic acids is 1. The van der Waals surface area contributed by atoms with E-state index in [4.69, 9.17) is 5.11 Å². The fourth-order valence-electron chi connectivity index (χ4n) is 1.05. The fourth-order valence-corrected chi connectivity index (χ4v) is 2.25. The number of carbonyl (C=O) groups excluding carboxylic acids is 1. The second-order valence-corrected chi connectivity index (χ2v) is 3.64. The first-order valence-electron chi connectivity index (χ1n) is 3.52. The summed E-state index contributed by atoms with van der Waals surface area (Å²) in [5.74, 6) is 0.804. The average Bonchev–Trinajstić information content (AvgIpc) is 2.31. The summed E-state index contributed by atoms with van der Waals surface area (Å²) in [5.41, 5.74) is 0. The van der Waals surface area contributed by atoms with E-state index in [9.17, 15) is 9.59 Å². The topological polar surface area (TPSA) is 54.4 Å². The van der Waals surface area contributed by atoms with Crippen molar-refractivity contribution in [3.8, 4) is 0 Å². The van der Waals surface area contributed by atoms with E-state index in [1.165, 1.54) is 0 Å². The van der Waals surface area contributed by atoms with Crippen LogP contribution in [0.2, 0.25) is 0 Å². The second kappa shape index (κ2) is 3.76. The zero-order valence-electron chi connectivity index (χ0n) is 6.08. The predicted molar refractivity (Wildman–Crippen MR) is 42.7 cm³/mol. The number of Topliss-reactive ketones (excluding diaryl/α,β-unsaturated/α-hetero) is 1. The van der Waals surface area contributed by atoms with Crippen molar-refractivity contribution in [2.45, 2.75) is 12.8 Å². The zero-order chi connectivity index (χ0) is 8.27. The molecule has 1 saturated heterocycles. The molecule has 3 nitrogen and oxygen atoms in total. The van der Waals surface area contributed by atoms with Gasteiger partial charge in [-0.05, 0) is 6.42 Å². The minimum absolute atomic E-state index is 0.0103. The van der Waals surface area contributed by atoms with E-state index in [0.29, 0.717) is 12.2 Å². The SMILES string of the molecule is O=C(O)CC[C@H]1CSCC1=O. The molecule has 1 aliphatic rings. The summed E-state index contributed by atoms with van der Waals surface area (Å²) in [4.78, 5) is 21.1. The molecule has 0 amide bonds. The lowest BCUT2D eigenvalue weighted by Crippen LogP contribution is -2.12. The van der Waals surface area contributed by atoms with E-state index < -0.39 is 5.97 Å². The number of carbonyl (C=O) groups is 2. The average molecular weight is 174 g/mol. The molecule has 0 unspecified atom stereocenters. The molecule has 0 radical (unpaired) electrons. The molecule has 1 atom stereocenters. The number of hydrogen-bond donors (Lipinski definition) is 1. The number of carboxylic acid groups (broad SMARTS) is 1. The summed E-state index contributed by atoms with van der Waals surface area (Å²) in [7, 11) is 0. The van der Waals surface area contributed by atoms with Gasteiger partial charge in [0.25, 0.3) is 0 Å². The molecule has 1 heterocycles. The van der Waals surface area contributed by atoms with E-state index in [2.05, 4.69) is 0 Å². The summed E-state index contributed by atoms with van der Waals surface area (Å²) in [6.45, 7) is 0. The maximum absolute atomic E-state index is 11.0. The lowest BCUT2D eigenvalue weighted by atomic mass is 10.0. The van der Waals surface area contributed by atoms with Gasteiger partial charge in [-0.15, -0.1) is 0 Å². The molecule has 62 valence electrons. The van der Waals surface area contributed by atoms with Gasteiger partial charge in [0.05, 0.1) is 5.75 Å². The molecule has 0 aromatic heterocycles. The van der Waals surface area contributed by atoms with Crippen LogP contribution in [0.1, 0.15) is 12.8 Å². The van der Waals surface area contributed by atoms with Crippen LogP contribution in [0.3, 0.4) is 0 Å². The standard InChI is InChI=1S/C7H10O3S/c8-6-4-11-3-5(6)1-2-7(9)10/h5H,1-4H2,(H,9,10)/t5-/m0/s1. The van der Waals surface area contributed by atoms with Crippen molar-refractivity contribution in [2.75, 3.05) is 11.5 Å². The molecule has 11 heavy (non-hydrogen) atoms. The van der Waals surface area contributed by atoms with Crippen LogP contribution in [0.4, 0.5) is 0 Å². The minimum atomic E-state index is -0.810. The normalized spacial score (nSPS) is 24.0. The molecule has 0 bridgehead atoms. The van der Waals surface area contributed by atoms with Crippen LogP contribution >= 0.6 is 11.8 Å². The van der Waals surface area contributed by atoms with Gasteiger partial charge in [-0.1, -0.05) is 0 Å². The molecule has 1 aliphatic heterocycles. The van der Waals surface area contributed by atoms with Crippen LogP contribution in [0.15, 0.2) is 0 Å². The monoisotopic (exact) mass is 174 g/mol. The van der Waals surface area contributed by atoms with Gasteiger partial charge in [-0.25, -0.2) is 0 Å². The van der Waals surface area contributed by atoms with Crippen LogP contribution in [0.5, 0.6) is 0 Å². The van der Waals surface area contributed by atoms with Gasteiger partial charge < -0.3 is 5.11 Å². The molecule has 0 aromatic rings. The van der Waals surface area contributed by atoms with Crippen molar-refractivity contribution in [3.63, 3.8) is 0 Å². The molecule has 0 aromatic carbocycles. The number of thioether (sulfide) groups is 1. The Hall–Kier alpha value is -0.510. The Kier molecular flexibility index (Phi) is 2.93. The smallest absolute Gasteiger partial charge is 0.303 e. The van der Waals surface area contributed by atoms with E-state index in [0.717, 1.165) is 5.75 Å². The Bertz CT molecular complexity index is 179. The molecular weight excluding hydrogens is 164 g/mol. The van der Waals surface area contributed by atoms with Crippen molar-refractivity contribution in [2.24, 2.45) is 5.92 Å². The maximum atomic E-state index is 11.0. The molecule has 4 heteroatoms. The quantitative estimate of drug-likeness (QED) is 0.687. The number of hydrogen-bond acceptors (Lipinski definition) is 3. The van der Waals surface area contributed by atoms with Gasteiger partial charge in [0.15, 0.2) is 0 Å². The van der Waals surface area contributed by atoms with Crippen LogP contribution < -0.4 is 0 Å². The molecule has 1 rings (SSSR count). The highest BCUT2D eigenvalue weighted by Gasteiger charge is 2.24. The Balaban J connectivity index is 2.26. The number of rotatable bonds is 3. The lowest BCUT2D eigenvalue weighted by Gasteiger charge is -2.02. The van der Waals surface area contributed by atoms with Crippen molar-refractivity contribution in [1.82, 2.24) is 0 Å². The van der Waals surface area contributed by atoms with Gasteiger partial charge in [0, 0.05) is 18.1 Å². The second-order valence-electron chi connectivity index (χ2n) is 2.61. The highest BCUT2D eigenvalue weighted by molar-refractivity contribution is 8.00. The Morgan fingerprint density at radius 3 is 2.91 bits per heavy atom. The van der Waals surface area contributed by atoms with Crippen molar-refractivity contribution in [3.05, 3.63) is 0 Å². The van der Waals surface area contributed by atoms with Gasteiger partial charge >= 0.3 is 5.97 Å². The highest BCUT2D eigenvalue weighted by atomic mass is 32.2. The first-order valence-corrected chi connectivity index (χ1v) is 4.68. The summed E-state index contributed by atoms with van der Waals surface area (Å²) in [5, 5.41) is 8.34. The molecule has 0 saturated carbocycles. The van der Waals surface area contributed by atoms with Crippen LogP contribution in [-0.4, -0.2) is 28.4 Å². The van der Waals surface area contributed by atoms with Crippen molar-refractivity contribution in [1.29, 1.82) is 0 Å². The summed E-state index contributed by atoms with van der Waals surface area (Å²) >= 11 is 1.60. The lowest BCUT2D eigenvalue weighted by molar-refractivity contribution is -0.137. The number of aliphatic carboxylic acids is 1. The molecule has 0 aliphatic carbocycles. The van der Waals surface area contributed by atoms with Crippen molar-refractivity contribution < 1.29 is 14.7 Å². The van der Waals surface area contributed by atoms with E-state index in [1.54, 1.807) is 11.8 Å². The third kappa shape index (κ3) is 2.54. The zero-order valence-corrected chi connectivity index (χ0v) is 6.89. The fraction of sp³-hybridized carbons (Fsp3) is 0.714. The van der Waals surface area contributed by atoms with Crippen LogP contribution in [0, 0.1) is 5.92 Å². The van der Waals surface area contributed by atoms with E-state index in [1.807, 2.05) is 0 Å². The largest absolute Gasteiger partial charge is 0.481 e. The summed E-state index contributed by atoms with van der Waals surface area (Å²) in [6.07, 6.45) is 0.637. The molecule has 1 fully saturated rings. The van der Waals surface area contributed by atoms with Crippen LogP contribution in [0.25, 0.3) is 0 Å². The third-order valence-electron chi connectivity index (χ3n) is 1.73. The van der Waals surface area contributed by atoms with Gasteiger partial charge in [0.2, 0.25) is 0 Å². The van der Waals surface area contributed by atoms with Gasteiger partial charge in [-0.2, -0.15) is 11.8 Å². The molecule has 1 N–H and O–H groups in total. The number of ketones is 1. The summed E-state index contributed by atoms with van der Waals surface area (Å²) in [6, 6.07) is 0. The predicted octanol–water partition coefficient (Wildman–Crippen LogP) is 0.783. The Labute approximate surface area is 69.2 Å². The highest BCUT2D eigenvalue weighted by Crippen LogP contribution is 2.23. The molecule has 0 spiro atoms. The maximum Gasteiger partial charge on any atom is 0.303 e. The minimum Gasteiger partial charge on any atom is -0.481 e. The first kappa shape index (κ1) is 8.59. The van der Waals surface area contributed by atoms with E-state index in [-0.39, 0.29) is 18.1 Å².